The summed E-state index contributed by atoms with van der Waals surface area (Å²) in [5.41, 5.74) is 2.57. The molecule has 1 nitrogen and oxygen atoms in total. The van der Waals surface area contributed by atoms with E-state index in [1.807, 2.05) is 0 Å². The molecule has 0 aromatic heterocycles. The normalized spacial score (nSPS) is 23.5. The monoisotopic (exact) mass is 138 g/mol. The first-order valence-corrected chi connectivity index (χ1v) is 3.73. The molecule has 10 heavy (non-hydrogen) atoms. The second-order valence-electron chi connectivity index (χ2n) is 3.65. The molecule has 1 rings (SSSR count). The van der Waals surface area contributed by atoms with Gasteiger partial charge in [-0.25, -0.2) is 0 Å². The van der Waals surface area contributed by atoms with E-state index in [9.17, 15) is 4.79 Å². The molecule has 0 amide bonds. The Bertz CT molecular complexity index is 187. The van der Waals surface area contributed by atoms with Crippen molar-refractivity contribution >= 4 is 6.29 Å². The fraction of sp³-hybridized carbons (Fsp3) is 0.667. The van der Waals surface area contributed by atoms with Crippen molar-refractivity contribution in [1.82, 2.24) is 0 Å². The summed E-state index contributed by atoms with van der Waals surface area (Å²) in [4.78, 5) is 10.4. The topological polar surface area (TPSA) is 17.1 Å². The molecule has 1 aliphatic rings. The van der Waals surface area contributed by atoms with Crippen molar-refractivity contribution in [3.8, 4) is 0 Å². The maximum atomic E-state index is 10.4. The van der Waals surface area contributed by atoms with Gasteiger partial charge in [0.1, 0.15) is 6.29 Å². The van der Waals surface area contributed by atoms with Crippen LogP contribution in [0.4, 0.5) is 0 Å². The van der Waals surface area contributed by atoms with Crippen LogP contribution in [-0.4, -0.2) is 6.29 Å². The zero-order valence-electron chi connectivity index (χ0n) is 6.90. The summed E-state index contributed by atoms with van der Waals surface area (Å²) in [6, 6.07) is 0. The summed E-state index contributed by atoms with van der Waals surface area (Å²) in [6.07, 6.45) is 3.11. The van der Waals surface area contributed by atoms with Gasteiger partial charge in [0.15, 0.2) is 0 Å². The van der Waals surface area contributed by atoms with E-state index in [0.717, 1.165) is 24.7 Å². The molecule has 0 spiro atoms. The van der Waals surface area contributed by atoms with Crippen LogP contribution in [0.25, 0.3) is 0 Å². The van der Waals surface area contributed by atoms with Crippen molar-refractivity contribution in [1.29, 1.82) is 0 Å². The fourth-order valence-corrected chi connectivity index (χ4v) is 1.40. The highest BCUT2D eigenvalue weighted by Gasteiger charge is 2.28. The SMILES string of the molecule is CC1=C(C=O)CCC1(C)C. The Kier molecular flexibility index (Phi) is 1.67. The first kappa shape index (κ1) is 7.52. The first-order chi connectivity index (χ1) is 4.58. The van der Waals surface area contributed by atoms with Crippen LogP contribution in [0.15, 0.2) is 11.1 Å². The van der Waals surface area contributed by atoms with Gasteiger partial charge in [-0.2, -0.15) is 0 Å². The quantitative estimate of drug-likeness (QED) is 0.508. The van der Waals surface area contributed by atoms with Crippen molar-refractivity contribution in [2.24, 2.45) is 5.41 Å². The van der Waals surface area contributed by atoms with Crippen molar-refractivity contribution in [2.75, 3.05) is 0 Å². The number of carbonyl (C=O) groups is 1. The van der Waals surface area contributed by atoms with E-state index in [-0.39, 0.29) is 5.41 Å². The summed E-state index contributed by atoms with van der Waals surface area (Å²) in [5.74, 6) is 0. The van der Waals surface area contributed by atoms with Crippen molar-refractivity contribution in [3.63, 3.8) is 0 Å². The Morgan fingerprint density at radius 1 is 1.50 bits per heavy atom. The predicted octanol–water partition coefficient (Wildman–Crippen LogP) is 2.32. The molecule has 0 radical (unpaired) electrons. The molecule has 1 aliphatic carbocycles. The van der Waals surface area contributed by atoms with Crippen LogP contribution >= 0.6 is 0 Å². The average molecular weight is 138 g/mol. The molecule has 0 N–H and O–H groups in total. The highest BCUT2D eigenvalue weighted by molar-refractivity contribution is 5.75. The van der Waals surface area contributed by atoms with Gasteiger partial charge in [0.2, 0.25) is 0 Å². The van der Waals surface area contributed by atoms with Crippen LogP contribution in [0.3, 0.4) is 0 Å². The van der Waals surface area contributed by atoms with Gasteiger partial charge in [-0.1, -0.05) is 19.4 Å². The summed E-state index contributed by atoms with van der Waals surface area (Å²) >= 11 is 0. The molecular formula is C9H14O. The lowest BCUT2D eigenvalue weighted by molar-refractivity contribution is -0.105. The number of aldehydes is 1. The highest BCUT2D eigenvalue weighted by atomic mass is 16.1. The van der Waals surface area contributed by atoms with E-state index in [4.69, 9.17) is 0 Å². The van der Waals surface area contributed by atoms with E-state index in [0.29, 0.717) is 0 Å². The number of allylic oxidation sites excluding steroid dienone is 2. The van der Waals surface area contributed by atoms with Gasteiger partial charge >= 0.3 is 0 Å². The van der Waals surface area contributed by atoms with Crippen molar-refractivity contribution < 1.29 is 4.79 Å². The molecule has 0 heterocycles. The Morgan fingerprint density at radius 2 is 2.10 bits per heavy atom. The molecule has 0 unspecified atom stereocenters. The zero-order chi connectivity index (χ0) is 7.78. The van der Waals surface area contributed by atoms with Gasteiger partial charge in [-0.15, -0.1) is 0 Å². The molecule has 0 saturated heterocycles. The maximum Gasteiger partial charge on any atom is 0.145 e. The molecule has 56 valence electrons. The van der Waals surface area contributed by atoms with E-state index < -0.39 is 0 Å². The Morgan fingerprint density at radius 3 is 2.30 bits per heavy atom. The Labute approximate surface area is 62.1 Å². The number of carbonyl (C=O) groups excluding carboxylic acids is 1. The predicted molar refractivity (Wildman–Crippen MR) is 41.8 cm³/mol. The van der Waals surface area contributed by atoms with Gasteiger partial charge in [-0.3, -0.25) is 4.79 Å². The molecule has 0 aromatic rings. The first-order valence-electron chi connectivity index (χ1n) is 3.73. The van der Waals surface area contributed by atoms with Crippen LogP contribution in [-0.2, 0) is 4.79 Å². The number of hydrogen-bond acceptors (Lipinski definition) is 1. The van der Waals surface area contributed by atoms with E-state index in [2.05, 4.69) is 20.8 Å². The minimum Gasteiger partial charge on any atom is -0.298 e. The third-order valence-electron chi connectivity index (χ3n) is 2.66. The highest BCUT2D eigenvalue weighted by Crippen LogP contribution is 2.40. The van der Waals surface area contributed by atoms with Crippen LogP contribution in [0.5, 0.6) is 0 Å². The molecular weight excluding hydrogens is 124 g/mol. The van der Waals surface area contributed by atoms with Gasteiger partial charge in [0.25, 0.3) is 0 Å². The summed E-state index contributed by atoms with van der Waals surface area (Å²) in [6.45, 7) is 6.45. The molecule has 0 atom stereocenters. The smallest absolute Gasteiger partial charge is 0.145 e. The van der Waals surface area contributed by atoms with Gasteiger partial charge in [0, 0.05) is 0 Å². The second-order valence-corrected chi connectivity index (χ2v) is 3.65. The zero-order valence-corrected chi connectivity index (χ0v) is 6.90. The minimum atomic E-state index is 0.274. The molecule has 0 aliphatic heterocycles. The van der Waals surface area contributed by atoms with Crippen LogP contribution < -0.4 is 0 Å². The largest absolute Gasteiger partial charge is 0.298 e. The lowest BCUT2D eigenvalue weighted by Crippen LogP contribution is -2.07. The Hall–Kier alpha value is -0.590. The van der Waals surface area contributed by atoms with Crippen molar-refractivity contribution in [2.45, 2.75) is 33.6 Å². The minimum absolute atomic E-state index is 0.274. The molecule has 0 fully saturated rings. The lowest BCUT2D eigenvalue weighted by atomic mass is 9.86. The third-order valence-corrected chi connectivity index (χ3v) is 2.66. The van der Waals surface area contributed by atoms with E-state index in [1.165, 1.54) is 5.57 Å². The van der Waals surface area contributed by atoms with Crippen LogP contribution in [0.1, 0.15) is 33.6 Å². The summed E-state index contributed by atoms with van der Waals surface area (Å²) in [5, 5.41) is 0. The van der Waals surface area contributed by atoms with E-state index >= 15 is 0 Å². The fourth-order valence-electron chi connectivity index (χ4n) is 1.40. The lowest BCUT2D eigenvalue weighted by Gasteiger charge is -2.18. The maximum absolute atomic E-state index is 10.4. The second kappa shape index (κ2) is 2.22. The van der Waals surface area contributed by atoms with Crippen molar-refractivity contribution in [3.05, 3.63) is 11.1 Å². The third kappa shape index (κ3) is 1.00. The van der Waals surface area contributed by atoms with Crippen LogP contribution in [0, 0.1) is 5.41 Å². The average Bonchev–Trinajstić information content (AvgIpc) is 2.10. The molecule has 0 aromatic carbocycles. The summed E-state index contributed by atoms with van der Waals surface area (Å²) < 4.78 is 0. The molecule has 0 saturated carbocycles. The number of hydrogen-bond donors (Lipinski definition) is 0. The van der Waals surface area contributed by atoms with Crippen LogP contribution in [0.2, 0.25) is 0 Å². The van der Waals surface area contributed by atoms with Gasteiger partial charge < -0.3 is 0 Å². The van der Waals surface area contributed by atoms with Gasteiger partial charge in [0.05, 0.1) is 0 Å². The number of rotatable bonds is 1. The molecule has 1 heteroatoms. The standard InChI is InChI=1S/C9H14O/c1-7-8(6-10)4-5-9(7,2)3/h6H,4-5H2,1-3H3. The van der Waals surface area contributed by atoms with E-state index in [1.54, 1.807) is 0 Å². The molecule has 0 bridgehead atoms. The summed E-state index contributed by atoms with van der Waals surface area (Å²) in [7, 11) is 0. The van der Waals surface area contributed by atoms with Gasteiger partial charge in [-0.05, 0) is 30.8 Å². The Balaban J connectivity index is 2.94.